The molecule has 2 aromatic rings. The summed E-state index contributed by atoms with van der Waals surface area (Å²) in [5.74, 6) is -0.954. The average molecular weight is 297 g/mol. The first-order valence-electron chi connectivity index (χ1n) is 5.22. The molecule has 5 heteroatoms. The van der Waals surface area contributed by atoms with Crippen LogP contribution in [0.15, 0.2) is 22.8 Å². The van der Waals surface area contributed by atoms with Crippen LogP contribution in [-0.2, 0) is 5.41 Å². The van der Waals surface area contributed by atoms with Gasteiger partial charge in [0.2, 0.25) is 0 Å². The monoisotopic (exact) mass is 296 g/mol. The number of hydrogen-bond donors (Lipinski definition) is 1. The molecule has 4 nitrogen and oxygen atoms in total. The van der Waals surface area contributed by atoms with E-state index in [2.05, 4.69) is 20.9 Å². The lowest BCUT2D eigenvalue weighted by Crippen LogP contribution is -2.17. The van der Waals surface area contributed by atoms with Gasteiger partial charge in [0, 0.05) is 16.1 Å². The average Bonchev–Trinajstić information content (AvgIpc) is 2.55. The topological polar surface area (TPSA) is 54.6 Å². The summed E-state index contributed by atoms with van der Waals surface area (Å²) < 4.78 is 2.49. The van der Waals surface area contributed by atoms with Crippen LogP contribution in [0, 0.1) is 0 Å². The summed E-state index contributed by atoms with van der Waals surface area (Å²) in [6.07, 6.45) is 1.71. The molecule has 0 aliphatic heterocycles. The van der Waals surface area contributed by atoms with Gasteiger partial charge in [-0.25, -0.2) is 9.78 Å². The fourth-order valence-electron chi connectivity index (χ4n) is 1.75. The highest BCUT2D eigenvalue weighted by Crippen LogP contribution is 2.27. The lowest BCUT2D eigenvalue weighted by atomic mass is 9.91. The van der Waals surface area contributed by atoms with Crippen molar-refractivity contribution in [3.8, 4) is 0 Å². The zero-order chi connectivity index (χ0) is 12.8. The van der Waals surface area contributed by atoms with E-state index in [1.165, 1.54) is 0 Å². The molecule has 17 heavy (non-hydrogen) atoms. The van der Waals surface area contributed by atoms with Crippen molar-refractivity contribution in [1.82, 2.24) is 9.38 Å². The Hall–Kier alpha value is -1.36. The second-order valence-electron chi connectivity index (χ2n) is 4.94. The maximum absolute atomic E-state index is 11.4. The van der Waals surface area contributed by atoms with Crippen molar-refractivity contribution in [2.75, 3.05) is 0 Å². The van der Waals surface area contributed by atoms with Gasteiger partial charge in [0.25, 0.3) is 0 Å². The lowest BCUT2D eigenvalue weighted by Gasteiger charge is -2.16. The molecule has 0 amide bonds. The van der Waals surface area contributed by atoms with Crippen LogP contribution in [0.4, 0.5) is 0 Å². The third-order valence-electron chi connectivity index (χ3n) is 2.50. The number of aromatic nitrogens is 2. The standard InChI is InChI=1S/C12H13BrN2O2/c1-12(2,3)10-9(11(16)17)15-5-4-7(13)6-8(15)14-10/h4-6H,1-3H3,(H,16,17). The van der Waals surface area contributed by atoms with Crippen molar-refractivity contribution in [1.29, 1.82) is 0 Å². The highest BCUT2D eigenvalue weighted by atomic mass is 79.9. The van der Waals surface area contributed by atoms with Gasteiger partial charge in [-0.1, -0.05) is 36.7 Å². The van der Waals surface area contributed by atoms with Crippen LogP contribution in [0.5, 0.6) is 0 Å². The van der Waals surface area contributed by atoms with Crippen molar-refractivity contribution < 1.29 is 9.90 Å². The van der Waals surface area contributed by atoms with Crippen molar-refractivity contribution in [2.24, 2.45) is 0 Å². The normalized spacial score (nSPS) is 12.0. The predicted octanol–water partition coefficient (Wildman–Crippen LogP) is 3.09. The Morgan fingerprint density at radius 2 is 2.12 bits per heavy atom. The highest BCUT2D eigenvalue weighted by Gasteiger charge is 2.27. The van der Waals surface area contributed by atoms with Crippen molar-refractivity contribution in [2.45, 2.75) is 26.2 Å². The number of pyridine rings is 1. The number of rotatable bonds is 1. The van der Waals surface area contributed by atoms with Gasteiger partial charge >= 0.3 is 5.97 Å². The second-order valence-corrected chi connectivity index (χ2v) is 5.85. The minimum Gasteiger partial charge on any atom is -0.477 e. The van der Waals surface area contributed by atoms with Gasteiger partial charge in [0.15, 0.2) is 5.69 Å². The van der Waals surface area contributed by atoms with Crippen LogP contribution in [0.3, 0.4) is 0 Å². The van der Waals surface area contributed by atoms with E-state index in [-0.39, 0.29) is 11.1 Å². The Morgan fingerprint density at radius 3 is 2.65 bits per heavy atom. The summed E-state index contributed by atoms with van der Waals surface area (Å²) in [6, 6.07) is 3.61. The molecule has 0 aromatic carbocycles. The minimum atomic E-state index is -0.954. The molecule has 1 N–H and O–H groups in total. The number of halogens is 1. The van der Waals surface area contributed by atoms with Gasteiger partial charge in [0.05, 0.1) is 5.69 Å². The fraction of sp³-hybridized carbons (Fsp3) is 0.333. The SMILES string of the molecule is CC(C)(C)c1nc2cc(Br)ccn2c1C(=O)O. The van der Waals surface area contributed by atoms with Gasteiger partial charge in [-0.2, -0.15) is 0 Å². The molecule has 0 saturated heterocycles. The smallest absolute Gasteiger partial charge is 0.354 e. The fourth-order valence-corrected chi connectivity index (χ4v) is 2.07. The Bertz CT molecular complexity index is 596. The highest BCUT2D eigenvalue weighted by molar-refractivity contribution is 9.10. The van der Waals surface area contributed by atoms with Crippen LogP contribution >= 0.6 is 15.9 Å². The summed E-state index contributed by atoms with van der Waals surface area (Å²) >= 11 is 3.35. The summed E-state index contributed by atoms with van der Waals surface area (Å²) in [7, 11) is 0. The van der Waals surface area contributed by atoms with Gasteiger partial charge in [0.1, 0.15) is 5.65 Å². The number of carboxylic acid groups (broad SMARTS) is 1. The first-order valence-corrected chi connectivity index (χ1v) is 6.01. The van der Waals surface area contributed by atoms with E-state index < -0.39 is 5.97 Å². The molecule has 90 valence electrons. The van der Waals surface area contributed by atoms with Gasteiger partial charge in [-0.3, -0.25) is 4.40 Å². The van der Waals surface area contributed by atoms with Gasteiger partial charge in [-0.15, -0.1) is 0 Å². The molecule has 0 fully saturated rings. The molecule has 0 saturated carbocycles. The molecule has 2 aromatic heterocycles. The van der Waals surface area contributed by atoms with Crippen LogP contribution in [0.2, 0.25) is 0 Å². The largest absolute Gasteiger partial charge is 0.477 e. The quantitative estimate of drug-likeness (QED) is 0.880. The molecule has 2 heterocycles. The molecule has 0 unspecified atom stereocenters. The maximum atomic E-state index is 11.4. The first-order chi connectivity index (χ1) is 7.80. The van der Waals surface area contributed by atoms with E-state index in [1.807, 2.05) is 26.8 Å². The molecule has 0 atom stereocenters. The third-order valence-corrected chi connectivity index (χ3v) is 2.99. The van der Waals surface area contributed by atoms with Crippen LogP contribution in [-0.4, -0.2) is 20.5 Å². The van der Waals surface area contributed by atoms with E-state index in [9.17, 15) is 9.90 Å². The van der Waals surface area contributed by atoms with Crippen molar-refractivity contribution in [3.63, 3.8) is 0 Å². The van der Waals surface area contributed by atoms with Crippen molar-refractivity contribution >= 4 is 27.5 Å². The number of imidazole rings is 1. The first kappa shape index (κ1) is 12.1. The molecule has 0 aliphatic rings. The van der Waals surface area contributed by atoms with Crippen LogP contribution in [0.25, 0.3) is 5.65 Å². The molecule has 0 radical (unpaired) electrons. The molecular weight excluding hydrogens is 284 g/mol. The number of fused-ring (bicyclic) bond motifs is 1. The Morgan fingerprint density at radius 1 is 1.47 bits per heavy atom. The zero-order valence-electron chi connectivity index (χ0n) is 9.86. The Labute approximate surface area is 107 Å². The molecular formula is C12H13BrN2O2. The lowest BCUT2D eigenvalue weighted by molar-refractivity contribution is 0.0686. The van der Waals surface area contributed by atoms with E-state index in [4.69, 9.17) is 0 Å². The molecule has 0 aliphatic carbocycles. The molecule has 2 rings (SSSR count). The number of nitrogens with zero attached hydrogens (tertiary/aromatic N) is 2. The molecule has 0 spiro atoms. The summed E-state index contributed by atoms with van der Waals surface area (Å²) in [5, 5.41) is 9.31. The Kier molecular flexibility index (Phi) is 2.73. The number of aromatic carboxylic acids is 1. The van der Waals surface area contributed by atoms with E-state index in [0.717, 1.165) is 4.47 Å². The van der Waals surface area contributed by atoms with Gasteiger partial charge < -0.3 is 5.11 Å². The van der Waals surface area contributed by atoms with Gasteiger partial charge in [-0.05, 0) is 12.1 Å². The number of carbonyl (C=O) groups is 1. The van der Waals surface area contributed by atoms with E-state index in [1.54, 1.807) is 16.7 Å². The number of carboxylic acids is 1. The van der Waals surface area contributed by atoms with Crippen LogP contribution < -0.4 is 0 Å². The van der Waals surface area contributed by atoms with Crippen molar-refractivity contribution in [3.05, 3.63) is 34.2 Å². The minimum absolute atomic E-state index is 0.236. The van der Waals surface area contributed by atoms with Crippen LogP contribution in [0.1, 0.15) is 37.0 Å². The summed E-state index contributed by atoms with van der Waals surface area (Å²) in [6.45, 7) is 5.86. The Balaban J connectivity index is 2.84. The molecule has 0 bridgehead atoms. The maximum Gasteiger partial charge on any atom is 0.354 e. The van der Waals surface area contributed by atoms with E-state index in [0.29, 0.717) is 11.3 Å². The van der Waals surface area contributed by atoms with E-state index >= 15 is 0 Å². The zero-order valence-corrected chi connectivity index (χ0v) is 11.4. The summed E-state index contributed by atoms with van der Waals surface area (Å²) in [5.41, 5.74) is 1.18. The third kappa shape index (κ3) is 2.07. The second kappa shape index (κ2) is 3.84. The summed E-state index contributed by atoms with van der Waals surface area (Å²) in [4.78, 5) is 15.8. The number of hydrogen-bond acceptors (Lipinski definition) is 2. The predicted molar refractivity (Wildman–Crippen MR) is 68.6 cm³/mol.